The summed E-state index contributed by atoms with van der Waals surface area (Å²) in [5.74, 6) is -0.616. The van der Waals surface area contributed by atoms with Crippen molar-refractivity contribution in [3.63, 3.8) is 0 Å². The van der Waals surface area contributed by atoms with Crippen LogP contribution < -0.4 is 9.47 Å². The molecule has 3 heterocycles. The predicted molar refractivity (Wildman–Crippen MR) is 216 cm³/mol. The number of pyridine rings is 1. The number of hydrogen-bond acceptors (Lipinski definition) is 7. The van der Waals surface area contributed by atoms with Crippen molar-refractivity contribution in [1.29, 1.82) is 0 Å². The van der Waals surface area contributed by atoms with Crippen LogP contribution in [0.25, 0.3) is 0 Å². The van der Waals surface area contributed by atoms with Crippen LogP contribution in [0.15, 0.2) is 120 Å². The van der Waals surface area contributed by atoms with Crippen molar-refractivity contribution < 1.29 is 37.7 Å². The lowest BCUT2D eigenvalue weighted by Crippen LogP contribution is -2.30. The van der Waals surface area contributed by atoms with Gasteiger partial charge in [0.05, 0.1) is 23.2 Å². The zero-order chi connectivity index (χ0) is 40.2. The van der Waals surface area contributed by atoms with Gasteiger partial charge in [0.25, 0.3) is 0 Å². The predicted octanol–water partition coefficient (Wildman–Crippen LogP) is 7.49. The van der Waals surface area contributed by atoms with Crippen molar-refractivity contribution in [1.82, 2.24) is 4.90 Å². The number of aryl methyl sites for hydroxylation is 1. The van der Waals surface area contributed by atoms with Gasteiger partial charge in [-0.25, -0.2) is 9.36 Å². The summed E-state index contributed by atoms with van der Waals surface area (Å²) in [6, 6.07) is 20.5. The quantitative estimate of drug-likeness (QED) is 0.107. The Kier molecular flexibility index (Phi) is 11.8. The maximum Gasteiger partial charge on any atom is 0.414 e. The summed E-state index contributed by atoms with van der Waals surface area (Å²) in [7, 11) is 3.71. The lowest BCUT2D eigenvalue weighted by molar-refractivity contribution is -0.672. The molecule has 1 aromatic heterocycles. The molecule has 10 nitrogen and oxygen atoms in total. The van der Waals surface area contributed by atoms with Gasteiger partial charge in [-0.05, 0) is 61.6 Å². The number of aromatic nitrogens is 1. The molecule has 3 aromatic rings. The molecule has 10 heteroatoms. The number of likely N-dealkylation sites (N-methyl/N-ethyl adjacent to an activating group) is 1. The number of nitrogens with zero attached hydrogens (tertiary/aromatic N) is 4. The maximum atomic E-state index is 13.8. The summed E-state index contributed by atoms with van der Waals surface area (Å²) < 4.78 is 20.8. The maximum absolute atomic E-state index is 13.8. The minimum atomic E-state index is -0.446. The number of para-hydroxylation sites is 2. The summed E-state index contributed by atoms with van der Waals surface area (Å²) >= 11 is 0. The second-order valence-electron chi connectivity index (χ2n) is 15.6. The number of carbonyl (C=O) groups is 3. The van der Waals surface area contributed by atoms with Crippen LogP contribution in [0.4, 0.5) is 16.2 Å². The number of esters is 2. The van der Waals surface area contributed by atoms with E-state index in [2.05, 4.69) is 97.9 Å². The zero-order valence-corrected chi connectivity index (χ0v) is 33.9. The minimum absolute atomic E-state index is 0.144. The van der Waals surface area contributed by atoms with Gasteiger partial charge in [0, 0.05) is 61.5 Å². The standard InChI is InChI=1S/C46H54N4O6/c1-32(51)54-28-26-49-39-17-11-9-15-37(39)45(3,4)41(49)23-21-35-19-20-36(43(35)48(8)44(53)56-31-34-14-13-25-47(7)30-34)22-24-42-46(5,6)38-16-10-12-18-40(38)50(42)27-29-55-33(2)52/h9-18,21-25,30H,19-20,26-29,31H2,1-8H3/q+2. The first-order valence-corrected chi connectivity index (χ1v) is 19.3. The monoisotopic (exact) mass is 758 g/mol. The molecule has 0 spiro atoms. The molecule has 6 rings (SSSR count). The summed E-state index contributed by atoms with van der Waals surface area (Å²) in [5, 5.41) is 0. The molecule has 0 atom stereocenters. The fourth-order valence-corrected chi connectivity index (χ4v) is 8.22. The van der Waals surface area contributed by atoms with E-state index in [1.165, 1.54) is 25.0 Å². The van der Waals surface area contributed by atoms with Crippen LogP contribution in [0.2, 0.25) is 0 Å². The molecule has 0 radical (unpaired) electrons. The highest BCUT2D eigenvalue weighted by atomic mass is 16.6. The van der Waals surface area contributed by atoms with Crippen molar-refractivity contribution in [3.05, 3.63) is 137 Å². The third kappa shape index (κ3) is 8.25. The van der Waals surface area contributed by atoms with Crippen molar-refractivity contribution in [3.8, 4) is 0 Å². The third-order valence-corrected chi connectivity index (χ3v) is 11.0. The van der Waals surface area contributed by atoms with E-state index in [-0.39, 0.29) is 42.6 Å². The van der Waals surface area contributed by atoms with Gasteiger partial charge in [-0.1, -0.05) is 62.4 Å². The van der Waals surface area contributed by atoms with Crippen LogP contribution in [-0.4, -0.2) is 66.6 Å². The number of rotatable bonds is 12. The molecule has 0 unspecified atom stereocenters. The Morgan fingerprint density at radius 3 is 2.25 bits per heavy atom. The third-order valence-electron chi connectivity index (χ3n) is 11.0. The molecular weight excluding hydrogens is 705 g/mol. The lowest BCUT2D eigenvalue weighted by Gasteiger charge is -2.27. The van der Waals surface area contributed by atoms with Crippen LogP contribution in [0.3, 0.4) is 0 Å². The largest absolute Gasteiger partial charge is 0.464 e. The molecule has 3 aliphatic rings. The van der Waals surface area contributed by atoms with E-state index in [9.17, 15) is 14.4 Å². The van der Waals surface area contributed by atoms with Crippen molar-refractivity contribution in [2.24, 2.45) is 7.05 Å². The van der Waals surface area contributed by atoms with E-state index in [1.807, 2.05) is 48.3 Å². The highest BCUT2D eigenvalue weighted by molar-refractivity contribution is 6.03. The molecule has 0 N–H and O–H groups in total. The molecule has 1 amide bonds. The minimum Gasteiger partial charge on any atom is -0.464 e. The zero-order valence-electron chi connectivity index (χ0n) is 33.9. The Hall–Kier alpha value is -5.77. The number of anilines is 1. The second-order valence-corrected chi connectivity index (χ2v) is 15.6. The molecule has 1 aliphatic carbocycles. The van der Waals surface area contributed by atoms with Crippen LogP contribution in [0.1, 0.15) is 71.1 Å². The van der Waals surface area contributed by atoms with E-state index < -0.39 is 6.09 Å². The van der Waals surface area contributed by atoms with Crippen molar-refractivity contribution in [2.75, 3.05) is 38.3 Å². The molecule has 56 heavy (non-hydrogen) atoms. The fourth-order valence-electron chi connectivity index (χ4n) is 8.22. The average molecular weight is 759 g/mol. The fraction of sp³-hybridized carbons (Fsp3) is 0.370. The van der Waals surface area contributed by atoms with E-state index >= 15 is 0 Å². The number of amides is 1. The van der Waals surface area contributed by atoms with E-state index in [4.69, 9.17) is 14.2 Å². The number of carbonyl (C=O) groups excluding carboxylic acids is 3. The van der Waals surface area contributed by atoms with Gasteiger partial charge in [-0.3, -0.25) is 14.5 Å². The Morgan fingerprint density at radius 1 is 0.821 bits per heavy atom. The Morgan fingerprint density at radius 2 is 1.52 bits per heavy atom. The first-order valence-electron chi connectivity index (χ1n) is 19.3. The first kappa shape index (κ1) is 39.9. The van der Waals surface area contributed by atoms with Gasteiger partial charge in [0.15, 0.2) is 31.3 Å². The summed E-state index contributed by atoms with van der Waals surface area (Å²) in [6.07, 6.45) is 13.4. The second kappa shape index (κ2) is 16.5. The summed E-state index contributed by atoms with van der Waals surface area (Å²) in [5.41, 5.74) is 9.82. The van der Waals surface area contributed by atoms with E-state index in [1.54, 1.807) is 11.9 Å². The smallest absolute Gasteiger partial charge is 0.414 e. The molecule has 0 saturated heterocycles. The van der Waals surface area contributed by atoms with Gasteiger partial charge < -0.3 is 19.1 Å². The Bertz CT molecular complexity index is 2190. The van der Waals surface area contributed by atoms with Crippen LogP contribution in [-0.2, 0) is 48.3 Å². The highest BCUT2D eigenvalue weighted by Gasteiger charge is 2.44. The Balaban J connectivity index is 1.40. The molecule has 2 aliphatic heterocycles. The molecule has 0 bridgehead atoms. The first-order chi connectivity index (χ1) is 26.7. The van der Waals surface area contributed by atoms with Gasteiger partial charge >= 0.3 is 18.0 Å². The number of benzene rings is 2. The van der Waals surface area contributed by atoms with E-state index in [0.717, 1.165) is 58.0 Å². The average Bonchev–Trinajstić information content (AvgIpc) is 3.73. The van der Waals surface area contributed by atoms with Crippen LogP contribution >= 0.6 is 0 Å². The number of fused-ring (bicyclic) bond motifs is 2. The number of allylic oxidation sites excluding steroid dienone is 7. The topological polar surface area (TPSA) is 92.3 Å². The lowest BCUT2D eigenvalue weighted by atomic mass is 9.81. The van der Waals surface area contributed by atoms with Gasteiger partial charge in [0.2, 0.25) is 5.69 Å². The van der Waals surface area contributed by atoms with Gasteiger partial charge in [-0.2, -0.15) is 4.58 Å². The molecule has 0 saturated carbocycles. The summed E-state index contributed by atoms with van der Waals surface area (Å²) in [4.78, 5) is 41.1. The molecule has 0 fully saturated rings. The molecular formula is C46H54N4O6+2. The molecule has 2 aromatic carbocycles. The van der Waals surface area contributed by atoms with Crippen molar-refractivity contribution in [2.45, 2.75) is 71.8 Å². The number of ether oxygens (including phenoxy) is 3. The van der Waals surface area contributed by atoms with Crippen molar-refractivity contribution >= 4 is 35.1 Å². The Labute approximate surface area is 330 Å². The van der Waals surface area contributed by atoms with Gasteiger partial charge in [-0.15, -0.1) is 0 Å². The number of hydrogen-bond donors (Lipinski definition) is 0. The normalized spacial score (nSPS) is 18.2. The highest BCUT2D eigenvalue weighted by Crippen LogP contribution is 2.48. The van der Waals surface area contributed by atoms with Crippen LogP contribution in [0, 0.1) is 0 Å². The van der Waals surface area contributed by atoms with E-state index in [0.29, 0.717) is 13.1 Å². The van der Waals surface area contributed by atoms with Gasteiger partial charge in [0.1, 0.15) is 20.3 Å². The SMILES string of the molecule is CC(=O)OCCN1/C(=C/C=C2\CCC(/C=C/C3=[N+](CCOC(C)=O)c4ccccc4C3(C)C)=C2N(C)C(=O)OCc2ccc[n+](C)c2)C(C)(C)c2ccccc21. The van der Waals surface area contributed by atoms with Crippen LogP contribution in [0.5, 0.6) is 0 Å². The summed E-state index contributed by atoms with van der Waals surface area (Å²) in [6.45, 7) is 13.4. The molecule has 292 valence electrons.